The third-order valence-corrected chi connectivity index (χ3v) is 12.5. The first kappa shape index (κ1) is 44.0. The molecular formula is C43H57B3F2N2O8. The van der Waals surface area contributed by atoms with Crippen molar-refractivity contribution in [2.75, 3.05) is 4.90 Å². The van der Waals surface area contributed by atoms with Crippen molar-refractivity contribution in [1.29, 1.82) is 0 Å². The van der Waals surface area contributed by atoms with E-state index in [-0.39, 0.29) is 22.3 Å². The predicted octanol–water partition coefficient (Wildman–Crippen LogP) is 6.17. The van der Waals surface area contributed by atoms with Gasteiger partial charge < -0.3 is 33.2 Å². The summed E-state index contributed by atoms with van der Waals surface area (Å²) in [5.41, 5.74) is -3.57. The number of hydrogen-bond donors (Lipinski definition) is 1. The van der Waals surface area contributed by atoms with Crippen LogP contribution in [0.25, 0.3) is 0 Å². The lowest BCUT2D eigenvalue weighted by atomic mass is 9.77. The van der Waals surface area contributed by atoms with E-state index in [9.17, 15) is 4.79 Å². The number of carbonyl (C=O) groups is 2. The first-order chi connectivity index (χ1) is 26.5. The average Bonchev–Trinajstić information content (AvgIpc) is 3.55. The van der Waals surface area contributed by atoms with E-state index in [1.807, 2.05) is 104 Å². The van der Waals surface area contributed by atoms with Gasteiger partial charge in [0.15, 0.2) is 0 Å². The molecule has 0 saturated carbocycles. The molecule has 3 aliphatic heterocycles. The Labute approximate surface area is 343 Å². The van der Waals surface area contributed by atoms with Crippen LogP contribution >= 0.6 is 0 Å². The summed E-state index contributed by atoms with van der Waals surface area (Å²) < 4.78 is 69.6. The molecule has 3 aliphatic rings. The summed E-state index contributed by atoms with van der Waals surface area (Å²) in [6.45, 7) is 28.2. The summed E-state index contributed by atoms with van der Waals surface area (Å²) in [5.74, 6) is -2.87. The van der Waals surface area contributed by atoms with Crippen molar-refractivity contribution in [3.8, 4) is 0 Å². The molecule has 0 spiro atoms. The van der Waals surface area contributed by atoms with Gasteiger partial charge in [-0.05, 0) is 151 Å². The smallest absolute Gasteiger partial charge is 0.399 e. The normalized spacial score (nSPS) is 21.9. The van der Waals surface area contributed by atoms with E-state index in [1.54, 1.807) is 30.3 Å². The number of carbonyl (C=O) groups excluding carboxylic acids is 2. The van der Waals surface area contributed by atoms with E-state index in [0.29, 0.717) is 10.9 Å². The topological polar surface area (TPSA) is 105 Å². The second kappa shape index (κ2) is 14.6. The van der Waals surface area contributed by atoms with E-state index in [0.717, 1.165) is 0 Å². The molecule has 15 heteroatoms. The minimum atomic E-state index is -1.43. The van der Waals surface area contributed by atoms with Crippen LogP contribution < -0.4 is 26.6 Å². The zero-order chi connectivity index (χ0) is 43.2. The fraction of sp³-hybridized carbons (Fsp3) is 0.535. The highest BCUT2D eigenvalue weighted by molar-refractivity contribution is 6.63. The number of amides is 2. The van der Waals surface area contributed by atoms with Gasteiger partial charge in [-0.3, -0.25) is 14.5 Å². The van der Waals surface area contributed by atoms with Crippen LogP contribution in [0.3, 0.4) is 0 Å². The fourth-order valence-electron chi connectivity index (χ4n) is 6.85. The van der Waals surface area contributed by atoms with Gasteiger partial charge in [-0.2, -0.15) is 0 Å². The van der Waals surface area contributed by atoms with Crippen molar-refractivity contribution in [2.24, 2.45) is 0 Å². The predicted molar refractivity (Wildman–Crippen MR) is 224 cm³/mol. The van der Waals surface area contributed by atoms with Gasteiger partial charge in [0.1, 0.15) is 17.7 Å². The van der Waals surface area contributed by atoms with Gasteiger partial charge >= 0.3 is 21.4 Å². The number of halogens is 2. The third-order valence-electron chi connectivity index (χ3n) is 12.5. The average molecular weight is 800 g/mol. The molecule has 2 amide bonds. The zero-order valence-corrected chi connectivity index (χ0v) is 36.6. The molecule has 58 heavy (non-hydrogen) atoms. The molecule has 3 aromatic rings. The largest absolute Gasteiger partial charge is 0.497 e. The van der Waals surface area contributed by atoms with Crippen LogP contribution in [0.1, 0.15) is 126 Å². The maximum absolute atomic E-state index is 16.5. The summed E-state index contributed by atoms with van der Waals surface area (Å²) in [7, 11) is -2.69. The van der Waals surface area contributed by atoms with Crippen LogP contribution in [0.5, 0.6) is 0 Å². The van der Waals surface area contributed by atoms with Crippen molar-refractivity contribution >= 4 is 55.2 Å². The Hall–Kier alpha value is -3.59. The molecule has 3 saturated heterocycles. The molecule has 0 bridgehead atoms. The molecule has 3 fully saturated rings. The van der Waals surface area contributed by atoms with Gasteiger partial charge in [-0.15, -0.1) is 0 Å². The standard InChI is InChI=1S/C43H57B3F2N2O8/c1-37(2,3)49-35(51)34(26-16-23-32(47)31(24-26)46-57-42(12,13)43(14,15)58-46)50(29-20-17-27(18-21-29)44-53-38(4,5)39(6,7)54-44)36(52)30-22-19-28(25-33(30)48)45-55-40(8,9)41(10,11)56-45/h16-25,34H,1-15H3,(H,49,51). The Bertz CT molecular complexity index is 2040. The molecule has 1 unspecified atom stereocenters. The van der Waals surface area contributed by atoms with E-state index in [2.05, 4.69) is 5.32 Å². The van der Waals surface area contributed by atoms with Crippen molar-refractivity contribution in [1.82, 2.24) is 5.32 Å². The van der Waals surface area contributed by atoms with Crippen LogP contribution in [-0.4, -0.2) is 72.3 Å². The molecule has 3 aromatic carbocycles. The molecule has 6 rings (SSSR count). The first-order valence-electron chi connectivity index (χ1n) is 19.9. The molecule has 0 aromatic heterocycles. The number of rotatable bonds is 8. The molecule has 0 aliphatic carbocycles. The Kier molecular flexibility index (Phi) is 11.0. The summed E-state index contributed by atoms with van der Waals surface area (Å²) in [6.07, 6.45) is 0. The minimum Gasteiger partial charge on any atom is -0.399 e. The van der Waals surface area contributed by atoms with Crippen LogP contribution in [0.2, 0.25) is 0 Å². The van der Waals surface area contributed by atoms with E-state index in [4.69, 9.17) is 27.9 Å². The number of hydrogen-bond acceptors (Lipinski definition) is 8. The Morgan fingerprint density at radius 3 is 1.47 bits per heavy atom. The summed E-state index contributed by atoms with van der Waals surface area (Å²) in [6, 6.07) is 13.7. The van der Waals surface area contributed by atoms with Gasteiger partial charge in [-0.1, -0.05) is 30.3 Å². The van der Waals surface area contributed by atoms with Crippen molar-refractivity contribution in [2.45, 2.75) is 149 Å². The number of nitrogens with one attached hydrogen (secondary N) is 1. The molecule has 3 heterocycles. The maximum Gasteiger partial charge on any atom is 0.497 e. The summed E-state index contributed by atoms with van der Waals surface area (Å²) in [5, 5.41) is 3.00. The second-order valence-corrected chi connectivity index (χ2v) is 19.7. The second-order valence-electron chi connectivity index (χ2n) is 19.7. The van der Waals surface area contributed by atoms with Crippen molar-refractivity contribution < 1.29 is 46.3 Å². The molecule has 10 nitrogen and oxygen atoms in total. The highest BCUT2D eigenvalue weighted by Gasteiger charge is 2.54. The number of nitrogens with zero attached hydrogens (tertiary/aromatic N) is 1. The molecule has 310 valence electrons. The lowest BCUT2D eigenvalue weighted by Crippen LogP contribution is -2.50. The summed E-state index contributed by atoms with van der Waals surface area (Å²) >= 11 is 0. The highest BCUT2D eigenvalue weighted by atomic mass is 19.1. The van der Waals surface area contributed by atoms with Gasteiger partial charge in [0.05, 0.1) is 39.2 Å². The number of benzene rings is 3. The summed E-state index contributed by atoms with van der Waals surface area (Å²) in [4.78, 5) is 30.9. The van der Waals surface area contributed by atoms with Crippen molar-refractivity contribution in [3.05, 3.63) is 83.4 Å². The van der Waals surface area contributed by atoms with E-state index in [1.165, 1.54) is 35.2 Å². The van der Waals surface area contributed by atoms with Gasteiger partial charge in [0.2, 0.25) is 5.91 Å². The third kappa shape index (κ3) is 8.15. The minimum absolute atomic E-state index is 0.0474. The monoisotopic (exact) mass is 800 g/mol. The lowest BCUT2D eigenvalue weighted by Gasteiger charge is -2.34. The van der Waals surface area contributed by atoms with E-state index < -0.39 is 90.0 Å². The Morgan fingerprint density at radius 1 is 0.586 bits per heavy atom. The van der Waals surface area contributed by atoms with Crippen LogP contribution in [0.4, 0.5) is 14.5 Å². The molecule has 1 N–H and O–H groups in total. The Balaban J connectivity index is 1.48. The van der Waals surface area contributed by atoms with E-state index >= 15 is 13.6 Å². The SMILES string of the molecule is CC(C)(C)NC(=O)C(c1ccc(F)c(B2OC(C)(C)C(C)(C)O2)c1)N(C(=O)c1ccc(B2OC(C)(C)C(C)(C)O2)cc1F)c1ccc(B2OC(C)(C)C(C)(C)O2)cc1. The first-order valence-corrected chi connectivity index (χ1v) is 19.9. The van der Waals surface area contributed by atoms with Gasteiger partial charge in [-0.25, -0.2) is 8.78 Å². The highest BCUT2D eigenvalue weighted by Crippen LogP contribution is 2.40. The van der Waals surface area contributed by atoms with Crippen molar-refractivity contribution in [3.63, 3.8) is 0 Å². The fourth-order valence-corrected chi connectivity index (χ4v) is 6.85. The molecular weight excluding hydrogens is 743 g/mol. The maximum atomic E-state index is 16.5. The molecule has 1 atom stereocenters. The van der Waals surface area contributed by atoms with Crippen LogP contribution in [-0.2, 0) is 32.7 Å². The zero-order valence-electron chi connectivity index (χ0n) is 36.6. The van der Waals surface area contributed by atoms with Gasteiger partial charge in [0.25, 0.3) is 5.91 Å². The van der Waals surface area contributed by atoms with Gasteiger partial charge in [0, 0.05) is 16.7 Å². The number of anilines is 1. The van der Waals surface area contributed by atoms with Crippen LogP contribution in [0.15, 0.2) is 60.7 Å². The molecule has 0 radical (unpaired) electrons. The Morgan fingerprint density at radius 2 is 1.02 bits per heavy atom. The van der Waals surface area contributed by atoms with Crippen LogP contribution in [0, 0.1) is 11.6 Å². The quantitative estimate of drug-likeness (QED) is 0.270. The lowest BCUT2D eigenvalue weighted by molar-refractivity contribution is -0.123.